The molecule has 2 rings (SSSR count). The van der Waals surface area contributed by atoms with Crippen LogP contribution in [0.4, 0.5) is 0 Å². The van der Waals surface area contributed by atoms with Gasteiger partial charge in [0.1, 0.15) is 5.75 Å². The van der Waals surface area contributed by atoms with Gasteiger partial charge in [0.2, 0.25) is 0 Å². The van der Waals surface area contributed by atoms with E-state index in [9.17, 15) is 0 Å². The molecule has 1 fully saturated rings. The topological polar surface area (TPSA) is 9.23 Å². The third kappa shape index (κ3) is 3.01. The van der Waals surface area contributed by atoms with E-state index in [1.807, 2.05) is 0 Å². The molecule has 0 N–H and O–H groups in total. The van der Waals surface area contributed by atoms with Crippen LogP contribution in [0.5, 0.6) is 5.75 Å². The van der Waals surface area contributed by atoms with Crippen molar-refractivity contribution in [2.24, 2.45) is 5.92 Å². The Morgan fingerprint density at radius 1 is 1.12 bits per heavy atom. The highest BCUT2D eigenvalue weighted by Gasteiger charge is 2.14. The minimum atomic E-state index is 0.786. The van der Waals surface area contributed by atoms with Gasteiger partial charge < -0.3 is 4.74 Å². The van der Waals surface area contributed by atoms with Crippen LogP contribution in [0.1, 0.15) is 43.2 Å². The minimum Gasteiger partial charge on any atom is -0.493 e. The second-order valence-corrected chi connectivity index (χ2v) is 5.08. The van der Waals surface area contributed by atoms with Crippen molar-refractivity contribution in [3.05, 3.63) is 29.3 Å². The Balaban J connectivity index is 1.90. The summed E-state index contributed by atoms with van der Waals surface area (Å²) in [4.78, 5) is 0. The zero-order chi connectivity index (χ0) is 11.4. The van der Waals surface area contributed by atoms with E-state index in [2.05, 4.69) is 32.0 Å². The quantitative estimate of drug-likeness (QED) is 0.736. The van der Waals surface area contributed by atoms with Crippen LogP contribution in [-0.2, 0) is 0 Å². The number of hydrogen-bond acceptors (Lipinski definition) is 1. The van der Waals surface area contributed by atoms with Crippen molar-refractivity contribution in [1.29, 1.82) is 0 Å². The Kier molecular flexibility index (Phi) is 3.87. The first kappa shape index (κ1) is 11.5. The van der Waals surface area contributed by atoms with E-state index in [4.69, 9.17) is 4.74 Å². The zero-order valence-corrected chi connectivity index (χ0v) is 10.5. The summed E-state index contributed by atoms with van der Waals surface area (Å²) < 4.78 is 5.96. The molecule has 0 heterocycles. The molecule has 0 aliphatic heterocycles. The lowest BCUT2D eigenvalue weighted by Crippen LogP contribution is -2.15. The highest BCUT2D eigenvalue weighted by Crippen LogP contribution is 2.26. The van der Waals surface area contributed by atoms with E-state index in [0.29, 0.717) is 0 Å². The monoisotopic (exact) mass is 218 g/mol. The van der Waals surface area contributed by atoms with Crippen LogP contribution < -0.4 is 4.74 Å². The normalized spacial score (nSPS) is 17.4. The van der Waals surface area contributed by atoms with Crippen LogP contribution in [0.2, 0.25) is 0 Å². The first-order chi connectivity index (χ1) is 7.75. The fourth-order valence-electron chi connectivity index (χ4n) is 2.42. The molecular formula is C15H22O. The summed E-state index contributed by atoms with van der Waals surface area (Å²) in [5.74, 6) is 1.86. The number of rotatable bonds is 3. The lowest BCUT2D eigenvalue weighted by Gasteiger charge is -2.22. The van der Waals surface area contributed by atoms with Crippen LogP contribution in [0.15, 0.2) is 18.2 Å². The fourth-order valence-corrected chi connectivity index (χ4v) is 2.42. The maximum atomic E-state index is 5.96. The predicted molar refractivity (Wildman–Crippen MR) is 68.0 cm³/mol. The molecule has 0 saturated heterocycles. The van der Waals surface area contributed by atoms with E-state index < -0.39 is 0 Å². The van der Waals surface area contributed by atoms with Gasteiger partial charge in [-0.2, -0.15) is 0 Å². The third-order valence-corrected chi connectivity index (χ3v) is 3.54. The molecule has 1 aliphatic carbocycles. The number of hydrogen-bond donors (Lipinski definition) is 0. The molecule has 88 valence electrons. The molecule has 0 spiro atoms. The molecule has 1 aliphatic rings. The van der Waals surface area contributed by atoms with E-state index in [0.717, 1.165) is 18.3 Å². The lowest BCUT2D eigenvalue weighted by atomic mass is 9.90. The van der Waals surface area contributed by atoms with Crippen LogP contribution in [0.3, 0.4) is 0 Å². The highest BCUT2D eigenvalue weighted by molar-refractivity contribution is 5.35. The van der Waals surface area contributed by atoms with Crippen molar-refractivity contribution in [3.63, 3.8) is 0 Å². The molecular weight excluding hydrogens is 196 g/mol. The smallest absolute Gasteiger partial charge is 0.122 e. The molecule has 16 heavy (non-hydrogen) atoms. The van der Waals surface area contributed by atoms with Gasteiger partial charge in [-0.25, -0.2) is 0 Å². The van der Waals surface area contributed by atoms with E-state index in [-0.39, 0.29) is 0 Å². The molecule has 1 heteroatoms. The first-order valence-electron chi connectivity index (χ1n) is 6.46. The molecule has 0 radical (unpaired) electrons. The van der Waals surface area contributed by atoms with Gasteiger partial charge >= 0.3 is 0 Å². The van der Waals surface area contributed by atoms with Crippen LogP contribution in [0.25, 0.3) is 0 Å². The third-order valence-electron chi connectivity index (χ3n) is 3.54. The van der Waals surface area contributed by atoms with Crippen LogP contribution in [-0.4, -0.2) is 6.61 Å². The average Bonchev–Trinajstić information content (AvgIpc) is 2.32. The van der Waals surface area contributed by atoms with Gasteiger partial charge in [0.15, 0.2) is 0 Å². The summed E-state index contributed by atoms with van der Waals surface area (Å²) in [6.07, 6.45) is 6.90. The van der Waals surface area contributed by atoms with Gasteiger partial charge in [0.05, 0.1) is 6.61 Å². The molecule has 1 aromatic rings. The van der Waals surface area contributed by atoms with E-state index in [1.165, 1.54) is 43.2 Å². The summed E-state index contributed by atoms with van der Waals surface area (Å²) in [6, 6.07) is 6.44. The van der Waals surface area contributed by atoms with Gasteiger partial charge in [0, 0.05) is 0 Å². The van der Waals surface area contributed by atoms with Crippen molar-refractivity contribution < 1.29 is 4.74 Å². The second kappa shape index (κ2) is 5.38. The van der Waals surface area contributed by atoms with Crippen molar-refractivity contribution in [3.8, 4) is 5.75 Å². The standard InChI is InChI=1S/C15H22O/c1-12-8-9-13(2)15(10-12)16-11-14-6-4-3-5-7-14/h8-10,14H,3-7,11H2,1-2H3. The maximum Gasteiger partial charge on any atom is 0.122 e. The Bertz CT molecular complexity index is 337. The highest BCUT2D eigenvalue weighted by atomic mass is 16.5. The van der Waals surface area contributed by atoms with Gasteiger partial charge in [-0.05, 0) is 49.8 Å². The number of ether oxygens (including phenoxy) is 1. The Hall–Kier alpha value is -0.980. The van der Waals surface area contributed by atoms with Gasteiger partial charge in [-0.1, -0.05) is 31.4 Å². The molecule has 0 unspecified atom stereocenters. The summed E-state index contributed by atoms with van der Waals surface area (Å²) in [5, 5.41) is 0. The molecule has 0 aromatic heterocycles. The lowest BCUT2D eigenvalue weighted by molar-refractivity contribution is 0.208. The summed E-state index contributed by atoms with van der Waals surface area (Å²) in [6.45, 7) is 5.15. The zero-order valence-electron chi connectivity index (χ0n) is 10.5. The van der Waals surface area contributed by atoms with Gasteiger partial charge in [-0.15, -0.1) is 0 Å². The molecule has 1 nitrogen and oxygen atoms in total. The molecule has 1 saturated carbocycles. The van der Waals surface area contributed by atoms with Crippen LogP contribution >= 0.6 is 0 Å². The van der Waals surface area contributed by atoms with Gasteiger partial charge in [-0.3, -0.25) is 0 Å². The summed E-state index contributed by atoms with van der Waals surface area (Å²) in [5.41, 5.74) is 2.53. The second-order valence-electron chi connectivity index (χ2n) is 5.08. The largest absolute Gasteiger partial charge is 0.493 e. The van der Waals surface area contributed by atoms with E-state index >= 15 is 0 Å². The SMILES string of the molecule is Cc1ccc(C)c(OCC2CCCCC2)c1. The summed E-state index contributed by atoms with van der Waals surface area (Å²) in [7, 11) is 0. The van der Waals surface area contributed by atoms with Crippen LogP contribution in [0, 0.1) is 19.8 Å². The predicted octanol–water partition coefficient (Wildman–Crippen LogP) is 4.26. The fraction of sp³-hybridized carbons (Fsp3) is 0.600. The molecule has 0 amide bonds. The Labute approximate surface area is 98.8 Å². The maximum absolute atomic E-state index is 5.96. The average molecular weight is 218 g/mol. The van der Waals surface area contributed by atoms with E-state index in [1.54, 1.807) is 0 Å². The van der Waals surface area contributed by atoms with Crippen molar-refractivity contribution in [2.45, 2.75) is 46.0 Å². The minimum absolute atomic E-state index is 0.786. The van der Waals surface area contributed by atoms with Crippen molar-refractivity contribution >= 4 is 0 Å². The summed E-state index contributed by atoms with van der Waals surface area (Å²) >= 11 is 0. The van der Waals surface area contributed by atoms with Crippen molar-refractivity contribution in [1.82, 2.24) is 0 Å². The molecule has 0 bridgehead atoms. The Morgan fingerprint density at radius 3 is 2.62 bits per heavy atom. The molecule has 0 atom stereocenters. The first-order valence-corrected chi connectivity index (χ1v) is 6.46. The Morgan fingerprint density at radius 2 is 1.88 bits per heavy atom. The molecule has 1 aromatic carbocycles. The number of aryl methyl sites for hydroxylation is 2. The van der Waals surface area contributed by atoms with Crippen molar-refractivity contribution in [2.75, 3.05) is 6.61 Å². The number of benzene rings is 1. The van der Waals surface area contributed by atoms with Gasteiger partial charge in [0.25, 0.3) is 0 Å².